The molecule has 0 spiro atoms. The molecule has 0 atom stereocenters. The van der Waals surface area contributed by atoms with E-state index in [1.807, 2.05) is 0 Å². The van der Waals surface area contributed by atoms with Crippen LogP contribution in [0.1, 0.15) is 25.9 Å². The topological polar surface area (TPSA) is 134 Å². The van der Waals surface area contributed by atoms with Gasteiger partial charge in [0.1, 0.15) is 15.6 Å². The van der Waals surface area contributed by atoms with Crippen molar-refractivity contribution in [1.82, 2.24) is 15.3 Å². The van der Waals surface area contributed by atoms with E-state index >= 15 is 0 Å². The number of nitrogens with one attached hydrogen (secondary N) is 1. The third-order valence-corrected chi connectivity index (χ3v) is 7.53. The van der Waals surface area contributed by atoms with Crippen LogP contribution in [-0.4, -0.2) is 38.5 Å². The van der Waals surface area contributed by atoms with E-state index in [1.54, 1.807) is 20.1 Å². The zero-order valence-corrected chi connectivity index (χ0v) is 17.8. The van der Waals surface area contributed by atoms with Gasteiger partial charge < -0.3 is 14.8 Å². The van der Waals surface area contributed by atoms with Crippen molar-refractivity contribution in [2.75, 3.05) is 14.2 Å². The molecule has 3 aromatic heterocycles. The highest BCUT2D eigenvalue weighted by molar-refractivity contribution is 7.91. The number of aromatic nitrogens is 2. The van der Waals surface area contributed by atoms with Gasteiger partial charge in [-0.25, -0.2) is 18.5 Å². The van der Waals surface area contributed by atoms with Crippen molar-refractivity contribution in [3.63, 3.8) is 0 Å². The molecular weight excluding hydrogens is 424 g/mol. The fourth-order valence-electron chi connectivity index (χ4n) is 2.56. The monoisotopic (exact) mass is 442 g/mol. The zero-order valence-electron chi connectivity index (χ0n) is 15.3. The van der Waals surface area contributed by atoms with Crippen LogP contribution in [-0.2, 0) is 27.9 Å². The summed E-state index contributed by atoms with van der Waals surface area (Å²) >= 11 is 2.25. The highest BCUT2D eigenvalue weighted by atomic mass is 32.2. The Morgan fingerprint density at radius 2 is 2.00 bits per heavy atom. The van der Waals surface area contributed by atoms with Crippen LogP contribution in [0.15, 0.2) is 16.3 Å². The van der Waals surface area contributed by atoms with E-state index in [1.165, 1.54) is 24.5 Å². The molecule has 0 bridgehead atoms. The van der Waals surface area contributed by atoms with Crippen molar-refractivity contribution in [2.24, 2.45) is 5.14 Å². The molecule has 0 saturated heterocycles. The van der Waals surface area contributed by atoms with Crippen LogP contribution in [0.5, 0.6) is 5.88 Å². The fourth-order valence-corrected chi connectivity index (χ4v) is 5.38. The Morgan fingerprint density at radius 3 is 2.61 bits per heavy atom. The number of primary sulfonamides is 1. The molecule has 12 heteroatoms. The van der Waals surface area contributed by atoms with Gasteiger partial charge in [0.25, 0.3) is 5.91 Å². The molecule has 3 heterocycles. The molecule has 0 aliphatic carbocycles. The maximum absolute atomic E-state index is 12.7. The summed E-state index contributed by atoms with van der Waals surface area (Å²) in [6, 6.07) is 3.04. The Morgan fingerprint density at radius 1 is 1.25 bits per heavy atom. The quantitative estimate of drug-likeness (QED) is 0.570. The van der Waals surface area contributed by atoms with Crippen LogP contribution in [0.3, 0.4) is 0 Å². The Bertz CT molecular complexity index is 1140. The van der Waals surface area contributed by atoms with Crippen molar-refractivity contribution < 1.29 is 22.7 Å². The number of ether oxygens (including phenoxy) is 2. The lowest BCUT2D eigenvalue weighted by Gasteiger charge is -2.05. The molecule has 1 amide bonds. The summed E-state index contributed by atoms with van der Waals surface area (Å²) in [5, 5.41) is 8.58. The summed E-state index contributed by atoms with van der Waals surface area (Å²) in [6.45, 7) is 2.22. The summed E-state index contributed by atoms with van der Waals surface area (Å²) in [4.78, 5) is 23.2. The van der Waals surface area contributed by atoms with Gasteiger partial charge in [-0.1, -0.05) is 0 Å². The molecule has 28 heavy (non-hydrogen) atoms. The highest BCUT2D eigenvalue weighted by Gasteiger charge is 2.21. The number of rotatable bonds is 7. The van der Waals surface area contributed by atoms with Crippen LogP contribution in [0.2, 0.25) is 0 Å². The summed E-state index contributed by atoms with van der Waals surface area (Å²) in [7, 11) is -0.690. The Labute approximate surface area is 169 Å². The summed E-state index contributed by atoms with van der Waals surface area (Å²) in [5.41, 5.74) is 0.717. The number of amides is 1. The fraction of sp³-hybridized carbons (Fsp3) is 0.312. The van der Waals surface area contributed by atoms with E-state index in [-0.39, 0.29) is 23.3 Å². The van der Waals surface area contributed by atoms with Gasteiger partial charge in [0, 0.05) is 12.0 Å². The number of nitrogens with two attached hydrogens (primary N) is 1. The molecule has 0 unspecified atom stereocenters. The number of hydrogen-bond acceptors (Lipinski definition) is 9. The molecule has 3 N–H and O–H groups in total. The van der Waals surface area contributed by atoms with Gasteiger partial charge in [0.05, 0.1) is 23.9 Å². The van der Waals surface area contributed by atoms with Gasteiger partial charge in [0.2, 0.25) is 15.9 Å². The molecule has 9 nitrogen and oxygen atoms in total. The first-order valence-corrected chi connectivity index (χ1v) is 11.1. The van der Waals surface area contributed by atoms with Gasteiger partial charge in [-0.15, -0.1) is 22.7 Å². The van der Waals surface area contributed by atoms with Gasteiger partial charge in [-0.3, -0.25) is 4.79 Å². The van der Waals surface area contributed by atoms with E-state index in [2.05, 4.69) is 15.3 Å². The number of methoxy groups -OCH3 is 2. The van der Waals surface area contributed by atoms with Crippen LogP contribution in [0.25, 0.3) is 10.2 Å². The van der Waals surface area contributed by atoms with E-state index in [0.29, 0.717) is 31.7 Å². The van der Waals surface area contributed by atoms with Crippen molar-refractivity contribution in [2.45, 2.75) is 24.3 Å². The lowest BCUT2D eigenvalue weighted by Crippen LogP contribution is -2.22. The maximum atomic E-state index is 12.7. The van der Waals surface area contributed by atoms with E-state index in [9.17, 15) is 13.2 Å². The average molecular weight is 443 g/mol. The van der Waals surface area contributed by atoms with E-state index in [0.717, 1.165) is 16.9 Å². The largest absolute Gasteiger partial charge is 0.480 e. The first kappa shape index (κ1) is 20.6. The standard InChI is InChI=1S/C16H18N4O5S3/c1-8-12-15(25-3)19-10(7-24-2)20-16(12)27-13(8)14(21)18-6-9-4-5-11(26-9)28(17,22)23/h4-5H,6-7H2,1-3H3,(H,18,21)(H2,17,22,23). The minimum atomic E-state index is -3.74. The highest BCUT2D eigenvalue weighted by Crippen LogP contribution is 2.35. The second kappa shape index (κ2) is 8.09. The van der Waals surface area contributed by atoms with E-state index < -0.39 is 10.0 Å². The number of carbonyl (C=O) groups excluding carboxylic acids is 1. The molecule has 0 saturated carbocycles. The molecule has 0 aliphatic rings. The lowest BCUT2D eigenvalue weighted by atomic mass is 10.2. The van der Waals surface area contributed by atoms with Crippen LogP contribution < -0.4 is 15.2 Å². The average Bonchev–Trinajstić information content (AvgIpc) is 3.24. The van der Waals surface area contributed by atoms with Crippen molar-refractivity contribution in [1.29, 1.82) is 0 Å². The lowest BCUT2D eigenvalue weighted by molar-refractivity contribution is 0.0955. The van der Waals surface area contributed by atoms with Crippen LogP contribution in [0.4, 0.5) is 0 Å². The molecule has 150 valence electrons. The predicted molar refractivity (Wildman–Crippen MR) is 106 cm³/mol. The summed E-state index contributed by atoms with van der Waals surface area (Å²) in [6.07, 6.45) is 0. The second-order valence-electron chi connectivity index (χ2n) is 5.77. The summed E-state index contributed by atoms with van der Waals surface area (Å²) < 4.78 is 33.2. The van der Waals surface area contributed by atoms with Crippen LogP contribution >= 0.6 is 22.7 Å². The third-order valence-electron chi connectivity index (χ3n) is 3.82. The van der Waals surface area contributed by atoms with Gasteiger partial charge >= 0.3 is 0 Å². The number of nitrogens with zero attached hydrogens (tertiary/aromatic N) is 2. The number of sulfonamides is 1. The van der Waals surface area contributed by atoms with Gasteiger partial charge in [0.15, 0.2) is 5.82 Å². The van der Waals surface area contributed by atoms with Crippen molar-refractivity contribution in [3.8, 4) is 5.88 Å². The SMILES string of the molecule is COCc1nc(OC)c2c(C)c(C(=O)NCc3ccc(S(N)(=O)=O)s3)sc2n1. The van der Waals surface area contributed by atoms with Crippen LogP contribution in [0, 0.1) is 6.92 Å². The number of thiophene rings is 2. The molecule has 3 aromatic rings. The minimum absolute atomic E-state index is 0.0560. The Kier molecular flexibility index (Phi) is 5.95. The first-order valence-electron chi connectivity index (χ1n) is 7.97. The van der Waals surface area contributed by atoms with Gasteiger partial charge in [-0.2, -0.15) is 4.98 Å². The van der Waals surface area contributed by atoms with Crippen molar-refractivity contribution in [3.05, 3.63) is 33.3 Å². The maximum Gasteiger partial charge on any atom is 0.262 e. The molecule has 0 fully saturated rings. The van der Waals surface area contributed by atoms with Gasteiger partial charge in [-0.05, 0) is 24.6 Å². The van der Waals surface area contributed by atoms with Crippen molar-refractivity contribution >= 4 is 48.8 Å². The normalized spacial score (nSPS) is 11.7. The Balaban J connectivity index is 1.85. The number of aryl methyl sites for hydroxylation is 1. The summed E-state index contributed by atoms with van der Waals surface area (Å²) in [5.74, 6) is 0.566. The number of fused-ring (bicyclic) bond motifs is 1. The zero-order chi connectivity index (χ0) is 20.5. The number of hydrogen-bond donors (Lipinski definition) is 2. The smallest absolute Gasteiger partial charge is 0.262 e. The third kappa shape index (κ3) is 4.15. The molecule has 0 radical (unpaired) electrons. The molecule has 3 rings (SSSR count). The predicted octanol–water partition coefficient (Wildman–Crippen LogP) is 1.79. The molecule has 0 aromatic carbocycles. The van der Waals surface area contributed by atoms with E-state index in [4.69, 9.17) is 14.6 Å². The second-order valence-corrected chi connectivity index (χ2v) is 9.72. The minimum Gasteiger partial charge on any atom is -0.480 e. The number of carbonyl (C=O) groups is 1. The molecule has 0 aliphatic heterocycles. The first-order chi connectivity index (χ1) is 13.2. The Hall–Kier alpha value is -2.12. The molecular formula is C16H18N4O5S3.